The summed E-state index contributed by atoms with van der Waals surface area (Å²) >= 11 is 12.0. The molecule has 2 aromatic rings. The maximum absolute atomic E-state index is 12.6. The van der Waals surface area contributed by atoms with Gasteiger partial charge in [-0.2, -0.15) is 0 Å². The van der Waals surface area contributed by atoms with E-state index in [0.717, 1.165) is 10.5 Å². The van der Waals surface area contributed by atoms with Gasteiger partial charge in [-0.05, 0) is 48.4 Å². The van der Waals surface area contributed by atoms with Crippen molar-refractivity contribution in [1.29, 1.82) is 0 Å². The molecule has 3 amide bonds. The van der Waals surface area contributed by atoms with Crippen molar-refractivity contribution in [2.75, 3.05) is 19.3 Å². The van der Waals surface area contributed by atoms with Gasteiger partial charge in [0.25, 0.3) is 5.91 Å². The minimum Gasteiger partial charge on any atom is -0.399 e. The molecule has 0 spiro atoms. The van der Waals surface area contributed by atoms with Crippen molar-refractivity contribution in [2.45, 2.75) is 6.42 Å². The average Bonchev–Trinajstić information content (AvgIpc) is 2.56. The summed E-state index contributed by atoms with van der Waals surface area (Å²) in [6.07, 6.45) is 0.421. The van der Waals surface area contributed by atoms with E-state index in [9.17, 15) is 9.59 Å². The summed E-state index contributed by atoms with van der Waals surface area (Å²) in [5.41, 5.74) is 7.36. The van der Waals surface area contributed by atoms with Gasteiger partial charge in [0.05, 0.1) is 0 Å². The fourth-order valence-corrected chi connectivity index (χ4v) is 2.67. The molecule has 0 unspecified atom stereocenters. The molecule has 0 aliphatic carbocycles. The fraction of sp³-hybridized carbons (Fsp3) is 0.176. The van der Waals surface area contributed by atoms with Crippen molar-refractivity contribution >= 4 is 40.8 Å². The Labute approximate surface area is 150 Å². The molecule has 24 heavy (non-hydrogen) atoms. The normalized spacial score (nSPS) is 10.3. The second-order valence-corrected chi connectivity index (χ2v) is 5.96. The molecule has 0 fully saturated rings. The van der Waals surface area contributed by atoms with Crippen LogP contribution < -0.4 is 11.1 Å². The van der Waals surface area contributed by atoms with E-state index in [4.69, 9.17) is 28.9 Å². The first kappa shape index (κ1) is 18.1. The number of carbonyl (C=O) groups is 2. The van der Waals surface area contributed by atoms with E-state index < -0.39 is 11.9 Å². The number of amides is 3. The van der Waals surface area contributed by atoms with Crippen LogP contribution in [-0.4, -0.2) is 30.4 Å². The van der Waals surface area contributed by atoms with Crippen LogP contribution in [0.1, 0.15) is 15.9 Å². The van der Waals surface area contributed by atoms with E-state index in [-0.39, 0.29) is 6.54 Å². The van der Waals surface area contributed by atoms with Crippen LogP contribution in [0, 0.1) is 0 Å². The van der Waals surface area contributed by atoms with Gasteiger partial charge in [-0.1, -0.05) is 29.3 Å². The molecule has 0 aliphatic rings. The zero-order valence-corrected chi connectivity index (χ0v) is 14.6. The van der Waals surface area contributed by atoms with Crippen molar-refractivity contribution in [3.8, 4) is 0 Å². The van der Waals surface area contributed by atoms with Crippen LogP contribution >= 0.6 is 23.2 Å². The molecule has 0 heterocycles. The lowest BCUT2D eigenvalue weighted by molar-refractivity contribution is 0.0803. The monoisotopic (exact) mass is 365 g/mol. The van der Waals surface area contributed by atoms with Crippen molar-refractivity contribution < 1.29 is 9.59 Å². The summed E-state index contributed by atoms with van der Waals surface area (Å²) in [4.78, 5) is 25.8. The van der Waals surface area contributed by atoms with Crippen molar-refractivity contribution in [1.82, 2.24) is 10.2 Å². The first-order valence-corrected chi connectivity index (χ1v) is 8.01. The van der Waals surface area contributed by atoms with E-state index in [1.807, 2.05) is 0 Å². The summed E-state index contributed by atoms with van der Waals surface area (Å²) in [7, 11) is 1.47. The number of urea groups is 1. The third-order valence-corrected chi connectivity index (χ3v) is 4.07. The summed E-state index contributed by atoms with van der Waals surface area (Å²) in [5, 5.41) is 3.51. The van der Waals surface area contributed by atoms with Crippen molar-refractivity contribution in [2.24, 2.45) is 0 Å². The molecule has 3 N–H and O–H groups in total. The predicted octanol–water partition coefficient (Wildman–Crippen LogP) is 3.60. The molecule has 0 atom stereocenters. The van der Waals surface area contributed by atoms with Crippen molar-refractivity contribution in [3.05, 3.63) is 63.6 Å². The highest BCUT2D eigenvalue weighted by molar-refractivity contribution is 6.35. The van der Waals surface area contributed by atoms with E-state index >= 15 is 0 Å². The van der Waals surface area contributed by atoms with Gasteiger partial charge in [0.1, 0.15) is 0 Å². The Morgan fingerprint density at radius 3 is 2.38 bits per heavy atom. The van der Waals surface area contributed by atoms with Crippen LogP contribution in [0.25, 0.3) is 0 Å². The molecule has 5 nitrogen and oxygen atoms in total. The number of benzene rings is 2. The second-order valence-electron chi connectivity index (χ2n) is 5.12. The topological polar surface area (TPSA) is 75.4 Å². The third kappa shape index (κ3) is 4.40. The van der Waals surface area contributed by atoms with Gasteiger partial charge >= 0.3 is 6.03 Å². The first-order valence-electron chi connectivity index (χ1n) is 7.25. The number of nitrogens with two attached hydrogens (primary N) is 1. The number of imide groups is 1. The molecule has 0 radical (unpaired) electrons. The predicted molar refractivity (Wildman–Crippen MR) is 96.5 cm³/mol. The van der Waals surface area contributed by atoms with Crippen LogP contribution in [0.5, 0.6) is 0 Å². The Morgan fingerprint density at radius 1 is 1.12 bits per heavy atom. The number of halogens is 2. The summed E-state index contributed by atoms with van der Waals surface area (Å²) < 4.78 is 0. The minimum atomic E-state index is -0.484. The maximum atomic E-state index is 12.6. The highest BCUT2D eigenvalue weighted by Gasteiger charge is 2.22. The Kier molecular flexibility index (Phi) is 6.06. The van der Waals surface area contributed by atoms with Crippen LogP contribution in [0.3, 0.4) is 0 Å². The van der Waals surface area contributed by atoms with Crippen LogP contribution in [0.15, 0.2) is 42.5 Å². The Morgan fingerprint density at radius 2 is 1.79 bits per heavy atom. The Balaban J connectivity index is 2.17. The maximum Gasteiger partial charge on any atom is 0.324 e. The van der Waals surface area contributed by atoms with Gasteiger partial charge in [0.15, 0.2) is 0 Å². The van der Waals surface area contributed by atoms with E-state index in [1.165, 1.54) is 7.05 Å². The molecule has 126 valence electrons. The number of rotatable bonds is 4. The SMILES string of the molecule is CNC(=O)N(CCc1ccc(Cl)cc1Cl)C(=O)c1ccc(N)cc1. The number of anilines is 1. The third-order valence-electron chi connectivity index (χ3n) is 3.48. The molecule has 0 aromatic heterocycles. The Bertz CT molecular complexity index is 748. The number of nitrogens with one attached hydrogen (secondary N) is 1. The van der Waals surface area contributed by atoms with E-state index in [2.05, 4.69) is 5.32 Å². The lowest BCUT2D eigenvalue weighted by Crippen LogP contribution is -2.43. The molecule has 0 saturated carbocycles. The van der Waals surface area contributed by atoms with E-state index in [0.29, 0.717) is 27.7 Å². The van der Waals surface area contributed by atoms with Gasteiger partial charge in [0, 0.05) is 34.9 Å². The second kappa shape index (κ2) is 8.04. The van der Waals surface area contributed by atoms with Crippen molar-refractivity contribution in [3.63, 3.8) is 0 Å². The summed E-state index contributed by atoms with van der Waals surface area (Å²) in [6, 6.07) is 11.0. The van der Waals surface area contributed by atoms with Crippen LogP contribution in [-0.2, 0) is 6.42 Å². The van der Waals surface area contributed by atoms with Gasteiger partial charge in [0.2, 0.25) is 0 Å². The number of carbonyl (C=O) groups excluding carboxylic acids is 2. The largest absolute Gasteiger partial charge is 0.399 e. The molecule has 7 heteroatoms. The smallest absolute Gasteiger partial charge is 0.324 e. The zero-order chi connectivity index (χ0) is 17.7. The van der Waals surface area contributed by atoms with E-state index in [1.54, 1.807) is 42.5 Å². The number of hydrogen-bond acceptors (Lipinski definition) is 3. The zero-order valence-electron chi connectivity index (χ0n) is 13.1. The molecule has 2 rings (SSSR count). The van der Waals surface area contributed by atoms with Gasteiger partial charge in [-0.25, -0.2) is 4.79 Å². The standard InChI is InChI=1S/C17H17Cl2N3O2/c1-21-17(24)22(16(23)12-3-6-14(20)7-4-12)9-8-11-2-5-13(18)10-15(11)19/h2-7,10H,8-9,20H2,1H3,(H,21,24). The molecular weight excluding hydrogens is 349 g/mol. The first-order chi connectivity index (χ1) is 11.4. The van der Waals surface area contributed by atoms with Crippen LogP contribution in [0.4, 0.5) is 10.5 Å². The minimum absolute atomic E-state index is 0.185. The quantitative estimate of drug-likeness (QED) is 0.812. The van der Waals surface area contributed by atoms with Gasteiger partial charge in [-0.3, -0.25) is 9.69 Å². The van der Waals surface area contributed by atoms with Crippen LogP contribution in [0.2, 0.25) is 10.0 Å². The summed E-state index contributed by atoms with van der Waals surface area (Å²) in [5.74, 6) is -0.403. The number of nitrogens with zero attached hydrogens (tertiary/aromatic N) is 1. The summed E-state index contributed by atoms with van der Waals surface area (Å²) in [6.45, 7) is 0.185. The molecule has 0 bridgehead atoms. The Hall–Kier alpha value is -2.24. The van der Waals surface area contributed by atoms with Gasteiger partial charge < -0.3 is 11.1 Å². The number of hydrogen-bond donors (Lipinski definition) is 2. The molecule has 2 aromatic carbocycles. The molecule has 0 aliphatic heterocycles. The lowest BCUT2D eigenvalue weighted by Gasteiger charge is -2.21. The lowest BCUT2D eigenvalue weighted by atomic mass is 10.1. The highest BCUT2D eigenvalue weighted by atomic mass is 35.5. The van der Waals surface area contributed by atoms with Gasteiger partial charge in [-0.15, -0.1) is 0 Å². The average molecular weight is 366 g/mol. The highest BCUT2D eigenvalue weighted by Crippen LogP contribution is 2.22. The molecule has 0 saturated heterocycles. The molecular formula is C17H17Cl2N3O2. The number of nitrogen functional groups attached to an aromatic ring is 1. The fourth-order valence-electron chi connectivity index (χ4n) is 2.17.